The molecule has 0 radical (unpaired) electrons. The Bertz CT molecular complexity index is 1230. The van der Waals surface area contributed by atoms with Crippen LogP contribution in [0.1, 0.15) is 12.8 Å². The number of anilines is 1. The second kappa shape index (κ2) is 7.82. The first-order chi connectivity index (χ1) is 15.3. The summed E-state index contributed by atoms with van der Waals surface area (Å²) in [7, 11) is 0. The van der Waals surface area contributed by atoms with Crippen molar-refractivity contribution in [3.63, 3.8) is 0 Å². The van der Waals surface area contributed by atoms with Crippen LogP contribution in [0.15, 0.2) is 42.0 Å². The Morgan fingerprint density at radius 3 is 2.97 bits per heavy atom. The van der Waals surface area contributed by atoms with Crippen molar-refractivity contribution in [3.05, 3.63) is 42.0 Å². The van der Waals surface area contributed by atoms with E-state index in [1.165, 1.54) is 0 Å². The molecule has 1 saturated heterocycles. The molecule has 2 aliphatic heterocycles. The Kier molecular flexibility index (Phi) is 4.69. The molecule has 0 spiro atoms. The number of nitrogens with one attached hydrogen (secondary N) is 2. The molecule has 2 N–H and O–H groups in total. The van der Waals surface area contributed by atoms with Gasteiger partial charge in [0.05, 0.1) is 11.4 Å². The van der Waals surface area contributed by atoms with Gasteiger partial charge in [0.1, 0.15) is 18.9 Å². The number of thiazole rings is 1. The van der Waals surface area contributed by atoms with Crippen LogP contribution in [0.2, 0.25) is 0 Å². The van der Waals surface area contributed by atoms with E-state index in [0.717, 1.165) is 65.0 Å². The van der Waals surface area contributed by atoms with Crippen LogP contribution in [0.5, 0.6) is 11.5 Å². The smallest absolute Gasteiger partial charge is 0.223 e. The molecule has 0 unspecified atom stereocenters. The van der Waals surface area contributed by atoms with E-state index in [1.54, 1.807) is 17.5 Å². The zero-order valence-corrected chi connectivity index (χ0v) is 17.7. The molecule has 8 nitrogen and oxygen atoms in total. The van der Waals surface area contributed by atoms with Gasteiger partial charge in [-0.3, -0.25) is 4.40 Å². The number of rotatable bonds is 4. The van der Waals surface area contributed by atoms with E-state index in [4.69, 9.17) is 19.4 Å². The summed E-state index contributed by atoms with van der Waals surface area (Å²) in [5, 5.41) is 8.93. The Morgan fingerprint density at radius 1 is 1.13 bits per heavy atom. The lowest BCUT2D eigenvalue weighted by atomic mass is 10.1. The average Bonchev–Trinajstić information content (AvgIpc) is 3.41. The highest BCUT2D eigenvalue weighted by atomic mass is 32.1. The van der Waals surface area contributed by atoms with Gasteiger partial charge < -0.3 is 20.1 Å². The second-order valence-corrected chi connectivity index (χ2v) is 8.55. The largest absolute Gasteiger partial charge is 0.486 e. The van der Waals surface area contributed by atoms with Crippen LogP contribution < -0.4 is 20.1 Å². The summed E-state index contributed by atoms with van der Waals surface area (Å²) in [6, 6.07) is 8.25. The molecule has 4 aromatic rings. The van der Waals surface area contributed by atoms with Crippen molar-refractivity contribution >= 4 is 22.2 Å². The van der Waals surface area contributed by atoms with E-state index in [2.05, 4.69) is 20.0 Å². The van der Waals surface area contributed by atoms with Crippen LogP contribution >= 0.6 is 11.3 Å². The monoisotopic (exact) mass is 434 g/mol. The van der Waals surface area contributed by atoms with Gasteiger partial charge >= 0.3 is 0 Å². The number of benzene rings is 1. The molecule has 31 heavy (non-hydrogen) atoms. The predicted octanol–water partition coefficient (Wildman–Crippen LogP) is 3.45. The lowest BCUT2D eigenvalue weighted by molar-refractivity contribution is 0.171. The second-order valence-electron chi connectivity index (χ2n) is 7.68. The van der Waals surface area contributed by atoms with Crippen molar-refractivity contribution in [2.75, 3.05) is 31.6 Å². The van der Waals surface area contributed by atoms with Gasteiger partial charge in [0.15, 0.2) is 16.5 Å². The van der Waals surface area contributed by atoms with Gasteiger partial charge in [0, 0.05) is 35.9 Å². The Labute approximate surface area is 183 Å². The van der Waals surface area contributed by atoms with Crippen molar-refractivity contribution in [2.45, 2.75) is 18.9 Å². The fraction of sp³-hybridized carbons (Fsp3) is 0.318. The number of aromatic nitrogens is 4. The Balaban J connectivity index is 1.42. The SMILES string of the molecule is c1cc(-c2c(-c3ccc4c(c3)OCCO4)nc3sccn23)nc(N[C@@H]2CCCNC2)n1. The van der Waals surface area contributed by atoms with Crippen molar-refractivity contribution < 1.29 is 9.47 Å². The number of hydrogen-bond acceptors (Lipinski definition) is 8. The Hall–Kier alpha value is -3.17. The van der Waals surface area contributed by atoms with Crippen LogP contribution in [0.3, 0.4) is 0 Å². The van der Waals surface area contributed by atoms with Crippen molar-refractivity contribution in [1.82, 2.24) is 24.7 Å². The molecule has 3 aromatic heterocycles. The van der Waals surface area contributed by atoms with Gasteiger partial charge in [0.25, 0.3) is 0 Å². The fourth-order valence-corrected chi connectivity index (χ4v) is 4.85. The van der Waals surface area contributed by atoms with E-state index >= 15 is 0 Å². The molecule has 2 aliphatic rings. The molecule has 0 saturated carbocycles. The highest BCUT2D eigenvalue weighted by molar-refractivity contribution is 7.15. The zero-order valence-electron chi connectivity index (χ0n) is 16.9. The third-order valence-corrected chi connectivity index (χ3v) is 6.36. The number of nitrogens with zero attached hydrogens (tertiary/aromatic N) is 4. The highest BCUT2D eigenvalue weighted by Gasteiger charge is 2.21. The lowest BCUT2D eigenvalue weighted by Crippen LogP contribution is -2.38. The molecular formula is C22H22N6O2S. The molecular weight excluding hydrogens is 412 g/mol. The van der Waals surface area contributed by atoms with E-state index in [-0.39, 0.29) is 0 Å². The first-order valence-electron chi connectivity index (χ1n) is 10.5. The van der Waals surface area contributed by atoms with Gasteiger partial charge in [-0.2, -0.15) is 0 Å². The maximum absolute atomic E-state index is 5.79. The lowest BCUT2D eigenvalue weighted by Gasteiger charge is -2.23. The summed E-state index contributed by atoms with van der Waals surface area (Å²) in [4.78, 5) is 15.1. The van der Waals surface area contributed by atoms with Crippen LogP contribution in [0.4, 0.5) is 5.95 Å². The number of hydrogen-bond donors (Lipinski definition) is 2. The average molecular weight is 435 g/mol. The van der Waals surface area contributed by atoms with Crippen LogP contribution in [0.25, 0.3) is 27.6 Å². The molecule has 1 fully saturated rings. The quantitative estimate of drug-likeness (QED) is 0.509. The van der Waals surface area contributed by atoms with E-state index in [9.17, 15) is 0 Å². The van der Waals surface area contributed by atoms with Crippen molar-refractivity contribution in [2.24, 2.45) is 0 Å². The summed E-state index contributed by atoms with van der Waals surface area (Å²) in [6.07, 6.45) is 6.11. The first kappa shape index (κ1) is 18.6. The molecule has 6 rings (SSSR count). The molecule has 1 aromatic carbocycles. The minimum absolute atomic E-state index is 0.341. The normalized spacial score (nSPS) is 18.3. The maximum atomic E-state index is 5.79. The molecule has 0 amide bonds. The van der Waals surface area contributed by atoms with E-state index in [1.807, 2.05) is 35.8 Å². The van der Waals surface area contributed by atoms with Crippen LogP contribution in [-0.2, 0) is 0 Å². The summed E-state index contributed by atoms with van der Waals surface area (Å²) < 4.78 is 13.6. The molecule has 0 aliphatic carbocycles. The van der Waals surface area contributed by atoms with Gasteiger partial charge in [-0.05, 0) is 43.7 Å². The predicted molar refractivity (Wildman–Crippen MR) is 120 cm³/mol. The summed E-state index contributed by atoms with van der Waals surface area (Å²) in [6.45, 7) is 3.13. The van der Waals surface area contributed by atoms with Gasteiger partial charge in [-0.1, -0.05) is 0 Å². The number of piperidine rings is 1. The minimum Gasteiger partial charge on any atom is -0.486 e. The number of ether oxygens (including phenoxy) is 2. The molecule has 5 heterocycles. The molecule has 0 bridgehead atoms. The third-order valence-electron chi connectivity index (χ3n) is 5.61. The third kappa shape index (κ3) is 3.49. The topological polar surface area (TPSA) is 85.6 Å². The maximum Gasteiger partial charge on any atom is 0.223 e. The van der Waals surface area contributed by atoms with Crippen molar-refractivity contribution in [3.8, 4) is 34.1 Å². The van der Waals surface area contributed by atoms with Crippen LogP contribution in [0, 0.1) is 0 Å². The molecule has 1 atom stereocenters. The fourth-order valence-electron chi connectivity index (χ4n) is 4.14. The number of fused-ring (bicyclic) bond motifs is 2. The summed E-state index contributed by atoms with van der Waals surface area (Å²) in [5.41, 5.74) is 3.62. The highest BCUT2D eigenvalue weighted by Crippen LogP contribution is 2.38. The van der Waals surface area contributed by atoms with E-state index in [0.29, 0.717) is 25.2 Å². The summed E-state index contributed by atoms with van der Waals surface area (Å²) >= 11 is 1.60. The zero-order chi connectivity index (χ0) is 20.6. The Morgan fingerprint density at radius 2 is 2.06 bits per heavy atom. The standard InChI is InChI=1S/C22H22N6O2S/c1-2-15(13-23-6-1)25-21-24-7-5-16(26-21)20-19(27-22-28(20)8-11-31-22)14-3-4-17-18(12-14)30-10-9-29-17/h3-5,7-8,11-12,15,23H,1-2,6,9-10,13H2,(H,24,25,26)/t15-/m1/s1. The first-order valence-corrected chi connectivity index (χ1v) is 11.4. The minimum atomic E-state index is 0.341. The van der Waals surface area contributed by atoms with E-state index < -0.39 is 0 Å². The van der Waals surface area contributed by atoms with Gasteiger partial charge in [0.2, 0.25) is 5.95 Å². The van der Waals surface area contributed by atoms with Crippen LogP contribution in [-0.4, -0.2) is 51.7 Å². The van der Waals surface area contributed by atoms with Crippen molar-refractivity contribution in [1.29, 1.82) is 0 Å². The van der Waals surface area contributed by atoms with Gasteiger partial charge in [-0.25, -0.2) is 15.0 Å². The summed E-state index contributed by atoms with van der Waals surface area (Å²) in [5.74, 6) is 2.16. The molecule has 9 heteroatoms. The number of imidazole rings is 1. The van der Waals surface area contributed by atoms with Gasteiger partial charge in [-0.15, -0.1) is 11.3 Å². The molecule has 158 valence electrons.